The van der Waals surface area contributed by atoms with Gasteiger partial charge in [-0.1, -0.05) is 67.7 Å². The summed E-state index contributed by atoms with van der Waals surface area (Å²) in [5, 5.41) is 12.4. The van der Waals surface area contributed by atoms with Gasteiger partial charge in [0, 0.05) is 22.8 Å². The van der Waals surface area contributed by atoms with Gasteiger partial charge < -0.3 is 4.74 Å². The highest BCUT2D eigenvalue weighted by atomic mass is 32.2. The minimum absolute atomic E-state index is 0.124. The van der Waals surface area contributed by atoms with Crippen molar-refractivity contribution in [3.63, 3.8) is 0 Å². The zero-order chi connectivity index (χ0) is 22.1. The van der Waals surface area contributed by atoms with Crippen LogP contribution >= 0.6 is 34.9 Å². The Bertz CT molecular complexity index is 1240. The van der Waals surface area contributed by atoms with Crippen LogP contribution in [0, 0.1) is 0 Å². The van der Waals surface area contributed by atoms with E-state index in [9.17, 15) is 0 Å². The number of rotatable bonds is 8. The number of ether oxygens (including phenoxy) is 1. The molecule has 0 unspecified atom stereocenters. The van der Waals surface area contributed by atoms with Gasteiger partial charge in [0.25, 0.3) is 0 Å². The van der Waals surface area contributed by atoms with Crippen molar-refractivity contribution in [3.05, 3.63) is 46.3 Å². The van der Waals surface area contributed by atoms with Gasteiger partial charge in [0.1, 0.15) is 4.83 Å². The van der Waals surface area contributed by atoms with Crippen LogP contribution in [0.1, 0.15) is 49.6 Å². The molecule has 0 saturated carbocycles. The zero-order valence-corrected chi connectivity index (χ0v) is 21.2. The van der Waals surface area contributed by atoms with E-state index < -0.39 is 0 Å². The Morgan fingerprint density at radius 1 is 1.09 bits per heavy atom. The third-order valence-electron chi connectivity index (χ3n) is 6.07. The molecule has 0 radical (unpaired) electrons. The maximum Gasteiger partial charge on any atom is 0.197 e. The Morgan fingerprint density at radius 2 is 1.91 bits per heavy atom. The Balaban J connectivity index is 1.55. The van der Waals surface area contributed by atoms with Crippen molar-refractivity contribution in [1.82, 2.24) is 19.6 Å². The van der Waals surface area contributed by atoms with Gasteiger partial charge in [0.15, 0.2) is 16.0 Å². The van der Waals surface area contributed by atoms with Gasteiger partial charge in [-0.05, 0) is 37.3 Å². The fraction of sp³-hybridized carbons (Fsp3) is 0.458. The predicted octanol–water partition coefficient (Wildman–Crippen LogP) is 6.42. The molecule has 1 atom stereocenters. The smallest absolute Gasteiger partial charge is 0.197 e. The average molecular weight is 485 g/mol. The topological polar surface area (TPSA) is 52.3 Å². The summed E-state index contributed by atoms with van der Waals surface area (Å²) in [5.41, 5.74) is 3.54. The van der Waals surface area contributed by atoms with Crippen LogP contribution in [0.2, 0.25) is 0 Å². The molecule has 168 valence electrons. The van der Waals surface area contributed by atoms with Crippen LogP contribution in [0.15, 0.2) is 40.6 Å². The molecule has 8 heteroatoms. The van der Waals surface area contributed by atoms with Crippen LogP contribution in [-0.4, -0.2) is 36.7 Å². The number of hydrogen-bond donors (Lipinski definition) is 0. The van der Waals surface area contributed by atoms with Gasteiger partial charge in [0.2, 0.25) is 0 Å². The van der Waals surface area contributed by atoms with Crippen molar-refractivity contribution >= 4 is 50.7 Å². The van der Waals surface area contributed by atoms with Crippen LogP contribution < -0.4 is 0 Å². The molecule has 1 aromatic carbocycles. The van der Waals surface area contributed by atoms with E-state index in [4.69, 9.17) is 14.8 Å². The lowest BCUT2D eigenvalue weighted by Gasteiger charge is -2.33. The van der Waals surface area contributed by atoms with Gasteiger partial charge in [-0.15, -0.1) is 21.5 Å². The molecule has 1 aliphatic rings. The number of benzene rings is 1. The summed E-state index contributed by atoms with van der Waals surface area (Å²) < 4.78 is 8.41. The van der Waals surface area contributed by atoms with Gasteiger partial charge in [0.05, 0.1) is 17.6 Å². The Labute approximate surface area is 201 Å². The summed E-state index contributed by atoms with van der Waals surface area (Å²) in [5.74, 6) is 1.99. The molecule has 0 N–H and O–H groups in total. The summed E-state index contributed by atoms with van der Waals surface area (Å²) >= 11 is 5.32. The van der Waals surface area contributed by atoms with Crippen LogP contribution in [0.4, 0.5) is 0 Å². The summed E-state index contributed by atoms with van der Waals surface area (Å²) in [6.45, 7) is 7.28. The first kappa shape index (κ1) is 22.2. The third-order valence-corrected chi connectivity index (χ3v) is 9.24. The number of nitrogens with zero attached hydrogens (tertiary/aromatic N) is 4. The third kappa shape index (κ3) is 4.18. The van der Waals surface area contributed by atoms with E-state index in [1.807, 2.05) is 0 Å². The molecule has 0 aliphatic carbocycles. The standard InChI is InChI=1S/C24H28N4OS3/c1-4-12-30-22-25-21-19(17-14-24(3,5-2)29-15-18(17)32-21)20-26-27-23(28(20)22)31-13-11-16-9-7-6-8-10-16/h6-10H,4-5,11-15H2,1-3H3/t24-/m0/s1. The van der Waals surface area contributed by atoms with Gasteiger partial charge in [-0.2, -0.15) is 0 Å². The Morgan fingerprint density at radius 3 is 2.69 bits per heavy atom. The molecular formula is C24H28N4OS3. The fourth-order valence-electron chi connectivity index (χ4n) is 4.03. The largest absolute Gasteiger partial charge is 0.369 e. The molecule has 3 aromatic heterocycles. The lowest BCUT2D eigenvalue weighted by molar-refractivity contribution is -0.0542. The number of aryl methyl sites for hydroxylation is 1. The highest BCUT2D eigenvalue weighted by Gasteiger charge is 2.33. The molecule has 0 saturated heterocycles. The predicted molar refractivity (Wildman–Crippen MR) is 135 cm³/mol. The van der Waals surface area contributed by atoms with E-state index in [1.54, 1.807) is 34.9 Å². The molecule has 4 aromatic rings. The molecule has 0 fully saturated rings. The van der Waals surface area contributed by atoms with Crippen LogP contribution in [0.5, 0.6) is 0 Å². The summed E-state index contributed by atoms with van der Waals surface area (Å²) in [6, 6.07) is 10.6. The quantitative estimate of drug-likeness (QED) is 0.213. The summed E-state index contributed by atoms with van der Waals surface area (Å²) in [6.07, 6.45) is 4.01. The van der Waals surface area contributed by atoms with Gasteiger partial charge in [-0.25, -0.2) is 9.38 Å². The minimum Gasteiger partial charge on any atom is -0.369 e. The molecular weight excluding hydrogens is 456 g/mol. The van der Waals surface area contributed by atoms with Crippen molar-refractivity contribution in [3.8, 4) is 0 Å². The van der Waals surface area contributed by atoms with E-state index >= 15 is 0 Å². The average Bonchev–Trinajstić information content (AvgIpc) is 3.39. The molecule has 4 heterocycles. The lowest BCUT2D eigenvalue weighted by Crippen LogP contribution is -2.33. The van der Waals surface area contributed by atoms with Gasteiger partial charge >= 0.3 is 0 Å². The van der Waals surface area contributed by atoms with Crippen molar-refractivity contribution in [2.75, 3.05) is 11.5 Å². The second kappa shape index (κ2) is 9.33. The lowest BCUT2D eigenvalue weighted by atomic mass is 9.90. The van der Waals surface area contributed by atoms with E-state index in [0.29, 0.717) is 6.61 Å². The number of hydrogen-bond acceptors (Lipinski definition) is 7. The number of thioether (sulfide) groups is 2. The number of thiophene rings is 1. The summed E-state index contributed by atoms with van der Waals surface area (Å²) in [7, 11) is 0. The van der Waals surface area contributed by atoms with Crippen LogP contribution in [0.3, 0.4) is 0 Å². The number of aromatic nitrogens is 4. The van der Waals surface area contributed by atoms with E-state index in [-0.39, 0.29) is 5.60 Å². The Kier molecular flexibility index (Phi) is 6.47. The maximum atomic E-state index is 6.21. The molecule has 32 heavy (non-hydrogen) atoms. The monoisotopic (exact) mass is 484 g/mol. The van der Waals surface area contributed by atoms with E-state index in [2.05, 4.69) is 60.6 Å². The van der Waals surface area contributed by atoms with Crippen molar-refractivity contribution in [1.29, 1.82) is 0 Å². The second-order valence-electron chi connectivity index (χ2n) is 8.42. The van der Waals surface area contributed by atoms with E-state index in [0.717, 1.165) is 58.0 Å². The highest BCUT2D eigenvalue weighted by molar-refractivity contribution is 7.99. The Hall–Kier alpha value is -1.61. The van der Waals surface area contributed by atoms with Crippen LogP contribution in [0.25, 0.3) is 15.9 Å². The van der Waals surface area contributed by atoms with E-state index in [1.165, 1.54) is 21.4 Å². The minimum atomic E-state index is -0.124. The molecule has 5 nitrogen and oxygen atoms in total. The molecule has 5 rings (SSSR count). The SMILES string of the molecule is CCCSc1nc2sc3c(c2c2nnc(SCCc4ccccc4)n12)C[C@](C)(CC)OC3. The first-order valence-electron chi connectivity index (χ1n) is 11.2. The fourth-order valence-corrected chi connectivity index (χ4v) is 7.01. The summed E-state index contributed by atoms with van der Waals surface area (Å²) in [4.78, 5) is 7.47. The second-order valence-corrected chi connectivity index (χ2v) is 11.6. The molecule has 0 amide bonds. The van der Waals surface area contributed by atoms with Crippen molar-refractivity contribution in [2.45, 2.75) is 69.0 Å². The molecule has 1 aliphatic heterocycles. The first-order chi connectivity index (χ1) is 15.6. The first-order valence-corrected chi connectivity index (χ1v) is 14.0. The normalized spacial score (nSPS) is 18.5. The highest BCUT2D eigenvalue weighted by Crippen LogP contribution is 2.42. The molecule has 0 bridgehead atoms. The molecule has 0 spiro atoms. The zero-order valence-electron chi connectivity index (χ0n) is 18.8. The number of fused-ring (bicyclic) bond motifs is 5. The van der Waals surface area contributed by atoms with Crippen LogP contribution in [-0.2, 0) is 24.2 Å². The van der Waals surface area contributed by atoms with Crippen molar-refractivity contribution < 1.29 is 4.74 Å². The maximum absolute atomic E-state index is 6.21. The van der Waals surface area contributed by atoms with Gasteiger partial charge in [-0.3, -0.25) is 0 Å². The van der Waals surface area contributed by atoms with Crippen molar-refractivity contribution in [2.24, 2.45) is 0 Å².